The van der Waals surface area contributed by atoms with E-state index in [1.54, 1.807) is 0 Å². The Morgan fingerprint density at radius 3 is 2.50 bits per heavy atom. The monoisotopic (exact) mass is 301 g/mol. The van der Waals surface area contributed by atoms with Gasteiger partial charge in [0.25, 0.3) is 0 Å². The van der Waals surface area contributed by atoms with Crippen LogP contribution in [0.2, 0.25) is 0 Å². The van der Waals surface area contributed by atoms with E-state index in [2.05, 4.69) is 59.2 Å². The molecule has 1 nitrogen and oxygen atoms in total. The minimum atomic E-state index is 0.555. The molecule has 1 unspecified atom stereocenters. The fraction of sp³-hybridized carbons (Fsp3) is 0.500. The summed E-state index contributed by atoms with van der Waals surface area (Å²) in [4.78, 5) is 0. The molecule has 0 radical (unpaired) electrons. The van der Waals surface area contributed by atoms with Gasteiger partial charge in [0.05, 0.1) is 0 Å². The average Bonchev–Trinajstić information content (AvgIpc) is 3.00. The molecule has 0 aromatic heterocycles. The maximum atomic E-state index is 3.41. The van der Waals surface area contributed by atoms with E-state index in [4.69, 9.17) is 0 Å². The quantitative estimate of drug-likeness (QED) is 0.841. The van der Waals surface area contributed by atoms with Crippen molar-refractivity contribution in [2.24, 2.45) is 5.92 Å². The van der Waals surface area contributed by atoms with E-state index in [1.807, 2.05) is 0 Å². The van der Waals surface area contributed by atoms with Crippen molar-refractivity contribution >= 4 is 22.6 Å². The van der Waals surface area contributed by atoms with Crippen molar-refractivity contribution < 1.29 is 0 Å². The Kier molecular flexibility index (Phi) is 3.44. The van der Waals surface area contributed by atoms with E-state index in [0.29, 0.717) is 6.04 Å². The minimum Gasteiger partial charge on any atom is -0.313 e. The van der Waals surface area contributed by atoms with Crippen LogP contribution in [0.4, 0.5) is 0 Å². The van der Waals surface area contributed by atoms with Gasteiger partial charge in [0, 0.05) is 9.61 Å². The number of nitrogens with one attached hydrogen (secondary N) is 1. The zero-order valence-electron chi connectivity index (χ0n) is 8.46. The molecule has 0 amide bonds. The molecule has 1 fully saturated rings. The van der Waals surface area contributed by atoms with E-state index in [9.17, 15) is 0 Å². The van der Waals surface area contributed by atoms with Gasteiger partial charge in [-0.2, -0.15) is 0 Å². The Labute approximate surface area is 99.4 Å². The lowest BCUT2D eigenvalue weighted by Crippen LogP contribution is -2.16. The highest BCUT2D eigenvalue weighted by atomic mass is 127. The van der Waals surface area contributed by atoms with E-state index >= 15 is 0 Å². The molecule has 0 heterocycles. The highest BCUT2D eigenvalue weighted by Crippen LogP contribution is 2.37. The Bertz CT molecular complexity index is 290. The number of halogens is 1. The van der Waals surface area contributed by atoms with Crippen LogP contribution >= 0.6 is 22.6 Å². The molecular formula is C12H16IN. The number of rotatable bonds is 4. The maximum Gasteiger partial charge on any atom is 0.0320 e. The summed E-state index contributed by atoms with van der Waals surface area (Å²) in [7, 11) is 2.06. The maximum absolute atomic E-state index is 3.41. The second-order valence-electron chi connectivity index (χ2n) is 4.07. The van der Waals surface area contributed by atoms with Crippen LogP contribution < -0.4 is 5.32 Å². The second kappa shape index (κ2) is 4.62. The summed E-state index contributed by atoms with van der Waals surface area (Å²) in [6.07, 6.45) is 4.17. The molecule has 1 aromatic carbocycles. The fourth-order valence-corrected chi connectivity index (χ4v) is 2.16. The first-order chi connectivity index (χ1) is 6.79. The third-order valence-electron chi connectivity index (χ3n) is 2.89. The number of benzene rings is 1. The Hall–Kier alpha value is -0.0900. The summed E-state index contributed by atoms with van der Waals surface area (Å²) < 4.78 is 1.31. The van der Waals surface area contributed by atoms with Gasteiger partial charge >= 0.3 is 0 Å². The fourth-order valence-electron chi connectivity index (χ4n) is 1.80. The molecule has 1 aliphatic carbocycles. The van der Waals surface area contributed by atoms with Gasteiger partial charge in [0.1, 0.15) is 0 Å². The van der Waals surface area contributed by atoms with E-state index in [0.717, 1.165) is 5.92 Å². The van der Waals surface area contributed by atoms with Crippen LogP contribution in [0.25, 0.3) is 0 Å². The summed E-state index contributed by atoms with van der Waals surface area (Å²) >= 11 is 2.35. The second-order valence-corrected chi connectivity index (χ2v) is 5.32. The van der Waals surface area contributed by atoms with Crippen molar-refractivity contribution in [2.75, 3.05) is 7.05 Å². The van der Waals surface area contributed by atoms with Crippen molar-refractivity contribution in [1.29, 1.82) is 0 Å². The third-order valence-corrected chi connectivity index (χ3v) is 3.61. The average molecular weight is 301 g/mol. The SMILES string of the molecule is CNC(CC1CC1)c1ccc(I)cc1. The minimum absolute atomic E-state index is 0.555. The van der Waals surface area contributed by atoms with Crippen LogP contribution in [0, 0.1) is 9.49 Å². The number of hydrogen-bond donors (Lipinski definition) is 1. The lowest BCUT2D eigenvalue weighted by atomic mass is 10.0. The van der Waals surface area contributed by atoms with Crippen LogP contribution in [-0.4, -0.2) is 7.05 Å². The summed E-state index contributed by atoms with van der Waals surface area (Å²) in [5.41, 5.74) is 1.43. The molecule has 0 aliphatic heterocycles. The number of hydrogen-bond acceptors (Lipinski definition) is 1. The van der Waals surface area contributed by atoms with Gasteiger partial charge in [-0.25, -0.2) is 0 Å². The summed E-state index contributed by atoms with van der Waals surface area (Å²) in [5, 5.41) is 3.41. The van der Waals surface area contributed by atoms with E-state index < -0.39 is 0 Å². The first-order valence-electron chi connectivity index (χ1n) is 5.22. The first-order valence-corrected chi connectivity index (χ1v) is 6.30. The molecule has 0 saturated heterocycles. The molecule has 0 spiro atoms. The molecule has 1 saturated carbocycles. The molecule has 76 valence electrons. The highest BCUT2D eigenvalue weighted by Gasteiger charge is 2.25. The Balaban J connectivity index is 2.05. The lowest BCUT2D eigenvalue weighted by Gasteiger charge is -2.16. The largest absolute Gasteiger partial charge is 0.313 e. The smallest absolute Gasteiger partial charge is 0.0320 e. The Morgan fingerprint density at radius 1 is 1.36 bits per heavy atom. The molecule has 1 atom stereocenters. The third kappa shape index (κ3) is 2.70. The van der Waals surface area contributed by atoms with Crippen molar-refractivity contribution in [3.05, 3.63) is 33.4 Å². The molecule has 1 aromatic rings. The van der Waals surface area contributed by atoms with E-state index in [1.165, 1.54) is 28.4 Å². The highest BCUT2D eigenvalue weighted by molar-refractivity contribution is 14.1. The molecule has 2 heteroatoms. The lowest BCUT2D eigenvalue weighted by molar-refractivity contribution is 0.514. The summed E-state index contributed by atoms with van der Waals surface area (Å²) in [6.45, 7) is 0. The van der Waals surface area contributed by atoms with Crippen molar-refractivity contribution in [3.8, 4) is 0 Å². The predicted molar refractivity (Wildman–Crippen MR) is 68.3 cm³/mol. The van der Waals surface area contributed by atoms with Gasteiger partial charge in [0.2, 0.25) is 0 Å². The molecule has 1 aliphatic rings. The summed E-state index contributed by atoms with van der Waals surface area (Å²) in [6, 6.07) is 9.41. The van der Waals surface area contributed by atoms with Crippen molar-refractivity contribution in [1.82, 2.24) is 5.32 Å². The first kappa shape index (κ1) is 10.4. The van der Waals surface area contributed by atoms with Crippen LogP contribution in [0.15, 0.2) is 24.3 Å². The predicted octanol–water partition coefficient (Wildman–Crippen LogP) is 3.35. The topological polar surface area (TPSA) is 12.0 Å². The van der Waals surface area contributed by atoms with Gasteiger partial charge in [0.15, 0.2) is 0 Å². The van der Waals surface area contributed by atoms with Gasteiger partial charge in [-0.15, -0.1) is 0 Å². The van der Waals surface area contributed by atoms with Gasteiger partial charge in [-0.1, -0.05) is 25.0 Å². The standard InChI is InChI=1S/C12H16IN/c1-14-12(8-9-2-3-9)10-4-6-11(13)7-5-10/h4-7,9,12,14H,2-3,8H2,1H3. The zero-order valence-corrected chi connectivity index (χ0v) is 10.6. The molecule has 2 rings (SSSR count). The Morgan fingerprint density at radius 2 is 2.00 bits per heavy atom. The summed E-state index contributed by atoms with van der Waals surface area (Å²) in [5.74, 6) is 0.978. The van der Waals surface area contributed by atoms with Crippen LogP contribution in [0.1, 0.15) is 30.9 Å². The van der Waals surface area contributed by atoms with Crippen molar-refractivity contribution in [2.45, 2.75) is 25.3 Å². The molecule has 1 N–H and O–H groups in total. The van der Waals surface area contributed by atoms with Crippen molar-refractivity contribution in [3.63, 3.8) is 0 Å². The van der Waals surface area contributed by atoms with Gasteiger partial charge in [-0.05, 0) is 59.7 Å². The van der Waals surface area contributed by atoms with Gasteiger partial charge < -0.3 is 5.32 Å². The van der Waals surface area contributed by atoms with Crippen LogP contribution in [0.3, 0.4) is 0 Å². The van der Waals surface area contributed by atoms with E-state index in [-0.39, 0.29) is 0 Å². The van der Waals surface area contributed by atoms with Crippen LogP contribution in [-0.2, 0) is 0 Å². The normalized spacial score (nSPS) is 18.1. The molecule has 0 bridgehead atoms. The van der Waals surface area contributed by atoms with Gasteiger partial charge in [-0.3, -0.25) is 0 Å². The molecular weight excluding hydrogens is 285 g/mol. The molecule has 14 heavy (non-hydrogen) atoms. The zero-order chi connectivity index (χ0) is 9.97. The van der Waals surface area contributed by atoms with Crippen LogP contribution in [0.5, 0.6) is 0 Å².